The van der Waals surface area contributed by atoms with Gasteiger partial charge < -0.3 is 15.4 Å². The van der Waals surface area contributed by atoms with Crippen LogP contribution >= 0.6 is 12.4 Å². The number of halogens is 1. The first-order chi connectivity index (χ1) is 9.20. The molecule has 0 aromatic carbocycles. The summed E-state index contributed by atoms with van der Waals surface area (Å²) in [5.41, 5.74) is 0. The molecule has 2 aliphatic rings. The lowest BCUT2D eigenvalue weighted by atomic mass is 9.85. The third-order valence-electron chi connectivity index (χ3n) is 4.11. The molecule has 0 radical (unpaired) electrons. The lowest BCUT2D eigenvalue weighted by molar-refractivity contribution is -0.143. The quantitative estimate of drug-likeness (QED) is 0.754. The summed E-state index contributed by atoms with van der Waals surface area (Å²) in [5, 5.41) is 6.25. The summed E-state index contributed by atoms with van der Waals surface area (Å²) in [4.78, 5) is 23.2. The van der Waals surface area contributed by atoms with E-state index in [0.29, 0.717) is 25.1 Å². The maximum atomic E-state index is 12.0. The van der Waals surface area contributed by atoms with Crippen LogP contribution in [0.3, 0.4) is 0 Å². The molecule has 1 aliphatic heterocycles. The first kappa shape index (κ1) is 17.2. The van der Waals surface area contributed by atoms with Gasteiger partial charge in [-0.1, -0.05) is 12.8 Å². The third-order valence-corrected chi connectivity index (χ3v) is 4.11. The van der Waals surface area contributed by atoms with Crippen molar-refractivity contribution in [3.63, 3.8) is 0 Å². The van der Waals surface area contributed by atoms with Crippen LogP contribution in [-0.2, 0) is 14.3 Å². The molecule has 3 unspecified atom stereocenters. The molecule has 20 heavy (non-hydrogen) atoms. The molecule has 1 amide bonds. The lowest BCUT2D eigenvalue weighted by Gasteiger charge is -2.24. The Labute approximate surface area is 126 Å². The molecule has 3 atom stereocenters. The molecule has 116 valence electrons. The van der Waals surface area contributed by atoms with Crippen LogP contribution in [0.15, 0.2) is 0 Å². The van der Waals surface area contributed by atoms with Crippen molar-refractivity contribution in [2.24, 2.45) is 5.92 Å². The highest BCUT2D eigenvalue weighted by Crippen LogP contribution is 2.33. The highest BCUT2D eigenvalue weighted by molar-refractivity contribution is 5.85. The molecule has 1 saturated carbocycles. The molecule has 2 N–H and O–H groups in total. The molecule has 2 rings (SSSR count). The second-order valence-corrected chi connectivity index (χ2v) is 5.45. The van der Waals surface area contributed by atoms with Crippen LogP contribution in [0.1, 0.15) is 45.4 Å². The van der Waals surface area contributed by atoms with Gasteiger partial charge >= 0.3 is 5.97 Å². The van der Waals surface area contributed by atoms with Crippen molar-refractivity contribution in [2.75, 3.05) is 13.2 Å². The van der Waals surface area contributed by atoms with E-state index in [1.165, 1.54) is 25.7 Å². The zero-order valence-corrected chi connectivity index (χ0v) is 12.8. The second-order valence-electron chi connectivity index (χ2n) is 5.45. The Morgan fingerprint density at radius 2 is 2.05 bits per heavy atom. The van der Waals surface area contributed by atoms with Crippen molar-refractivity contribution in [3.05, 3.63) is 0 Å². The Morgan fingerprint density at radius 3 is 2.75 bits per heavy atom. The van der Waals surface area contributed by atoms with Crippen molar-refractivity contribution in [1.82, 2.24) is 10.6 Å². The fraction of sp³-hybridized carbons (Fsp3) is 0.857. The number of hydrogen-bond acceptors (Lipinski definition) is 4. The van der Waals surface area contributed by atoms with Crippen molar-refractivity contribution in [1.29, 1.82) is 0 Å². The highest BCUT2D eigenvalue weighted by Gasteiger charge is 2.37. The molecule has 2 fully saturated rings. The summed E-state index contributed by atoms with van der Waals surface area (Å²) in [6.07, 6.45) is 6.18. The summed E-state index contributed by atoms with van der Waals surface area (Å²) >= 11 is 0. The Hall–Kier alpha value is -0.810. The molecule has 0 aromatic rings. The van der Waals surface area contributed by atoms with Crippen molar-refractivity contribution < 1.29 is 14.3 Å². The van der Waals surface area contributed by atoms with Gasteiger partial charge in [0.2, 0.25) is 5.91 Å². The SMILES string of the molecule is CCOC(=O)CCNC(=O)C1CC2CCCCC2N1.Cl. The number of ether oxygens (including phenoxy) is 1. The first-order valence-corrected chi connectivity index (χ1v) is 7.40. The molecule has 1 heterocycles. The van der Waals surface area contributed by atoms with Crippen molar-refractivity contribution in [2.45, 2.75) is 57.5 Å². The fourth-order valence-electron chi connectivity index (χ4n) is 3.17. The van der Waals surface area contributed by atoms with Gasteiger partial charge in [0.25, 0.3) is 0 Å². The molecular weight excluding hydrogens is 280 g/mol. The summed E-state index contributed by atoms with van der Waals surface area (Å²) in [5.74, 6) is 0.434. The number of esters is 1. The topological polar surface area (TPSA) is 67.4 Å². The molecule has 1 saturated heterocycles. The van der Waals surface area contributed by atoms with Crippen LogP contribution in [0, 0.1) is 5.92 Å². The van der Waals surface area contributed by atoms with Crippen LogP contribution in [0.5, 0.6) is 0 Å². The molecule has 5 nitrogen and oxygen atoms in total. The van der Waals surface area contributed by atoms with E-state index in [1.807, 2.05) is 0 Å². The summed E-state index contributed by atoms with van der Waals surface area (Å²) in [6, 6.07) is 0.449. The number of hydrogen-bond donors (Lipinski definition) is 2. The van der Waals surface area contributed by atoms with Gasteiger partial charge in [0, 0.05) is 12.6 Å². The molecule has 1 aliphatic carbocycles. The Bertz CT molecular complexity index is 324. The number of fused-ring (bicyclic) bond motifs is 1. The third kappa shape index (κ3) is 4.63. The van der Waals surface area contributed by atoms with E-state index >= 15 is 0 Å². The summed E-state index contributed by atoms with van der Waals surface area (Å²) in [7, 11) is 0. The number of nitrogens with one attached hydrogen (secondary N) is 2. The minimum absolute atomic E-state index is 0. The average molecular weight is 305 g/mol. The molecule has 0 aromatic heterocycles. The van der Waals surface area contributed by atoms with Gasteiger partial charge in [0.05, 0.1) is 19.1 Å². The van der Waals surface area contributed by atoms with Gasteiger partial charge in [-0.25, -0.2) is 0 Å². The molecule has 6 heteroatoms. The minimum Gasteiger partial charge on any atom is -0.466 e. The monoisotopic (exact) mass is 304 g/mol. The standard InChI is InChI=1S/C14H24N2O3.ClH/c1-2-19-13(17)7-8-15-14(18)12-9-10-5-3-4-6-11(10)16-12;/h10-12,16H,2-9H2,1H3,(H,15,18);1H. The van der Waals surface area contributed by atoms with E-state index in [-0.39, 0.29) is 36.7 Å². The fourth-order valence-corrected chi connectivity index (χ4v) is 3.17. The van der Waals surface area contributed by atoms with Crippen LogP contribution < -0.4 is 10.6 Å². The number of rotatable bonds is 5. The first-order valence-electron chi connectivity index (χ1n) is 7.40. The molecule has 0 bridgehead atoms. The van der Waals surface area contributed by atoms with E-state index in [2.05, 4.69) is 10.6 Å². The average Bonchev–Trinajstić information content (AvgIpc) is 2.82. The van der Waals surface area contributed by atoms with Gasteiger partial charge in [-0.05, 0) is 32.1 Å². The predicted octanol–water partition coefficient (Wildman–Crippen LogP) is 1.40. The van der Waals surface area contributed by atoms with Gasteiger partial charge in [-0.2, -0.15) is 0 Å². The lowest BCUT2D eigenvalue weighted by Crippen LogP contribution is -2.43. The maximum Gasteiger partial charge on any atom is 0.307 e. The predicted molar refractivity (Wildman–Crippen MR) is 78.8 cm³/mol. The zero-order valence-electron chi connectivity index (χ0n) is 12.0. The maximum absolute atomic E-state index is 12.0. The van der Waals surface area contributed by atoms with Crippen LogP contribution in [0.2, 0.25) is 0 Å². The van der Waals surface area contributed by atoms with Crippen molar-refractivity contribution >= 4 is 24.3 Å². The van der Waals surface area contributed by atoms with Gasteiger partial charge in [-0.15, -0.1) is 12.4 Å². The largest absolute Gasteiger partial charge is 0.466 e. The van der Waals surface area contributed by atoms with Gasteiger partial charge in [0.1, 0.15) is 0 Å². The van der Waals surface area contributed by atoms with Gasteiger partial charge in [0.15, 0.2) is 0 Å². The molecular formula is C14H25ClN2O3. The van der Waals surface area contributed by atoms with Crippen molar-refractivity contribution in [3.8, 4) is 0 Å². The number of amides is 1. The van der Waals surface area contributed by atoms with E-state index in [9.17, 15) is 9.59 Å². The highest BCUT2D eigenvalue weighted by atomic mass is 35.5. The van der Waals surface area contributed by atoms with E-state index < -0.39 is 0 Å². The Morgan fingerprint density at radius 1 is 1.30 bits per heavy atom. The van der Waals surface area contributed by atoms with E-state index in [1.54, 1.807) is 6.92 Å². The van der Waals surface area contributed by atoms with Crippen LogP contribution in [-0.4, -0.2) is 37.1 Å². The molecule has 0 spiro atoms. The van der Waals surface area contributed by atoms with Gasteiger partial charge in [-0.3, -0.25) is 9.59 Å². The Balaban J connectivity index is 0.00000200. The van der Waals surface area contributed by atoms with E-state index in [0.717, 1.165) is 6.42 Å². The Kier molecular flexibility index (Phi) is 7.30. The minimum atomic E-state index is -0.254. The number of carbonyl (C=O) groups is 2. The normalized spacial score (nSPS) is 28.1. The second kappa shape index (κ2) is 8.47. The van der Waals surface area contributed by atoms with Crippen LogP contribution in [0.4, 0.5) is 0 Å². The van der Waals surface area contributed by atoms with E-state index in [4.69, 9.17) is 4.74 Å². The summed E-state index contributed by atoms with van der Waals surface area (Å²) in [6.45, 7) is 2.53. The summed E-state index contributed by atoms with van der Waals surface area (Å²) < 4.78 is 4.82. The van der Waals surface area contributed by atoms with Crippen LogP contribution in [0.25, 0.3) is 0 Å². The zero-order chi connectivity index (χ0) is 13.7. The number of carbonyl (C=O) groups excluding carboxylic acids is 2. The smallest absolute Gasteiger partial charge is 0.307 e.